The van der Waals surface area contributed by atoms with Crippen molar-refractivity contribution in [1.29, 1.82) is 0 Å². The van der Waals surface area contributed by atoms with Gasteiger partial charge in [0, 0.05) is 17.5 Å². The first-order valence-corrected chi connectivity index (χ1v) is 12.1. The molecular weight excluding hydrogens is 422 g/mol. The number of aromatic hydroxyl groups is 1. The van der Waals surface area contributed by atoms with Crippen molar-refractivity contribution in [3.8, 4) is 34.1 Å². The van der Waals surface area contributed by atoms with E-state index in [9.17, 15) is 5.11 Å². The van der Waals surface area contributed by atoms with Gasteiger partial charge in [-0.25, -0.2) is 0 Å². The SMILES string of the molecule is Cc1ccc(-c2ccc3cc(O)ccc3c2Oc2ccc(OCCN3CCCCC3)cc2)cc1. The summed E-state index contributed by atoms with van der Waals surface area (Å²) >= 11 is 0. The molecule has 0 unspecified atom stereocenters. The van der Waals surface area contributed by atoms with Crippen molar-refractivity contribution in [3.05, 3.63) is 84.4 Å². The van der Waals surface area contributed by atoms with E-state index in [0.717, 1.165) is 45.7 Å². The molecule has 1 aliphatic heterocycles. The summed E-state index contributed by atoms with van der Waals surface area (Å²) in [7, 11) is 0. The van der Waals surface area contributed by atoms with Gasteiger partial charge in [0.2, 0.25) is 0 Å². The number of hydrogen-bond acceptors (Lipinski definition) is 4. The molecular formula is C30H31NO3. The standard InChI is InChI=1S/C30H31NO3/c1-22-5-7-23(8-6-22)28-15-9-24-21-25(32)10-16-29(24)30(28)34-27-13-11-26(12-14-27)33-20-19-31-17-3-2-4-18-31/h5-16,21,32H,2-4,17-20H2,1H3. The Hall–Kier alpha value is -3.50. The Morgan fingerprint density at radius 2 is 1.53 bits per heavy atom. The number of ether oxygens (including phenoxy) is 2. The highest BCUT2D eigenvalue weighted by Gasteiger charge is 2.14. The molecule has 0 atom stereocenters. The Morgan fingerprint density at radius 1 is 0.794 bits per heavy atom. The van der Waals surface area contributed by atoms with Crippen LogP contribution >= 0.6 is 0 Å². The summed E-state index contributed by atoms with van der Waals surface area (Å²) in [5, 5.41) is 11.8. The largest absolute Gasteiger partial charge is 0.508 e. The molecule has 4 aromatic carbocycles. The minimum atomic E-state index is 0.243. The number of fused-ring (bicyclic) bond motifs is 1. The van der Waals surface area contributed by atoms with Crippen LogP contribution in [0.5, 0.6) is 23.0 Å². The van der Waals surface area contributed by atoms with Crippen LogP contribution in [0.4, 0.5) is 0 Å². The van der Waals surface area contributed by atoms with Gasteiger partial charge in [0.05, 0.1) is 0 Å². The predicted molar refractivity (Wildman–Crippen MR) is 138 cm³/mol. The van der Waals surface area contributed by atoms with Gasteiger partial charge in [-0.15, -0.1) is 0 Å². The second kappa shape index (κ2) is 10.2. The Morgan fingerprint density at radius 3 is 2.29 bits per heavy atom. The molecule has 0 bridgehead atoms. The summed E-state index contributed by atoms with van der Waals surface area (Å²) in [5.41, 5.74) is 3.32. The van der Waals surface area contributed by atoms with Crippen molar-refractivity contribution in [2.75, 3.05) is 26.2 Å². The Kier molecular flexibility index (Phi) is 6.68. The van der Waals surface area contributed by atoms with E-state index in [2.05, 4.69) is 42.2 Å². The molecule has 0 aromatic heterocycles. The Labute approximate surface area is 201 Å². The molecule has 0 saturated carbocycles. The number of hydrogen-bond donors (Lipinski definition) is 1. The fourth-order valence-electron chi connectivity index (χ4n) is 4.56. The summed E-state index contributed by atoms with van der Waals surface area (Å²) in [4.78, 5) is 2.48. The maximum atomic E-state index is 9.95. The lowest BCUT2D eigenvalue weighted by Crippen LogP contribution is -2.33. The lowest BCUT2D eigenvalue weighted by Gasteiger charge is -2.26. The van der Waals surface area contributed by atoms with Crippen LogP contribution in [-0.2, 0) is 0 Å². The third-order valence-electron chi connectivity index (χ3n) is 6.49. The zero-order chi connectivity index (χ0) is 23.3. The summed E-state index contributed by atoms with van der Waals surface area (Å²) in [5.74, 6) is 2.62. The van der Waals surface area contributed by atoms with Crippen LogP contribution in [0.1, 0.15) is 24.8 Å². The average Bonchev–Trinajstić information content (AvgIpc) is 2.86. The topological polar surface area (TPSA) is 41.9 Å². The normalized spacial score (nSPS) is 14.3. The van der Waals surface area contributed by atoms with Gasteiger partial charge in [0.25, 0.3) is 0 Å². The van der Waals surface area contributed by atoms with Crippen molar-refractivity contribution in [2.24, 2.45) is 0 Å². The van der Waals surface area contributed by atoms with Gasteiger partial charge in [0.15, 0.2) is 0 Å². The van der Waals surface area contributed by atoms with Crippen molar-refractivity contribution < 1.29 is 14.6 Å². The quantitative estimate of drug-likeness (QED) is 0.322. The zero-order valence-corrected chi connectivity index (χ0v) is 19.7. The zero-order valence-electron chi connectivity index (χ0n) is 19.7. The first-order valence-electron chi connectivity index (χ1n) is 12.1. The smallest absolute Gasteiger partial charge is 0.143 e. The number of nitrogens with zero attached hydrogens (tertiary/aromatic N) is 1. The van der Waals surface area contributed by atoms with E-state index in [1.807, 2.05) is 36.4 Å². The highest BCUT2D eigenvalue weighted by molar-refractivity contribution is 5.96. The van der Waals surface area contributed by atoms with Crippen LogP contribution in [0.3, 0.4) is 0 Å². The highest BCUT2D eigenvalue weighted by Crippen LogP contribution is 2.40. The molecule has 4 heteroatoms. The van der Waals surface area contributed by atoms with Gasteiger partial charge < -0.3 is 14.6 Å². The third kappa shape index (κ3) is 5.18. The molecule has 174 valence electrons. The first-order chi connectivity index (χ1) is 16.7. The van der Waals surface area contributed by atoms with E-state index < -0.39 is 0 Å². The molecule has 4 nitrogen and oxygen atoms in total. The van der Waals surface area contributed by atoms with Crippen LogP contribution in [0.2, 0.25) is 0 Å². The van der Waals surface area contributed by atoms with Gasteiger partial charge in [0.1, 0.15) is 29.6 Å². The summed E-state index contributed by atoms with van der Waals surface area (Å²) in [6.45, 7) is 6.12. The van der Waals surface area contributed by atoms with Crippen molar-refractivity contribution in [2.45, 2.75) is 26.2 Å². The molecule has 0 amide bonds. The molecule has 1 fully saturated rings. The highest BCUT2D eigenvalue weighted by atomic mass is 16.5. The van der Waals surface area contributed by atoms with E-state index >= 15 is 0 Å². The second-order valence-electron chi connectivity index (χ2n) is 9.04. The number of piperidine rings is 1. The lowest BCUT2D eigenvalue weighted by molar-refractivity contribution is 0.183. The second-order valence-corrected chi connectivity index (χ2v) is 9.04. The van der Waals surface area contributed by atoms with E-state index in [0.29, 0.717) is 6.61 Å². The molecule has 1 aliphatic rings. The van der Waals surface area contributed by atoms with Crippen molar-refractivity contribution in [1.82, 2.24) is 4.90 Å². The van der Waals surface area contributed by atoms with Crippen LogP contribution in [0, 0.1) is 6.92 Å². The number of benzene rings is 4. The van der Waals surface area contributed by atoms with Crippen LogP contribution in [0.25, 0.3) is 21.9 Å². The Balaban J connectivity index is 1.36. The first kappa shape index (κ1) is 22.3. The molecule has 1 heterocycles. The number of likely N-dealkylation sites (tertiary alicyclic amines) is 1. The molecule has 1 saturated heterocycles. The fraction of sp³-hybridized carbons (Fsp3) is 0.267. The van der Waals surface area contributed by atoms with E-state index in [1.165, 1.54) is 37.9 Å². The van der Waals surface area contributed by atoms with Gasteiger partial charge in [-0.3, -0.25) is 4.90 Å². The summed E-state index contributed by atoms with van der Waals surface area (Å²) in [6, 6.07) is 25.7. The van der Waals surface area contributed by atoms with E-state index in [1.54, 1.807) is 12.1 Å². The minimum absolute atomic E-state index is 0.243. The molecule has 0 spiro atoms. The Bertz CT molecular complexity index is 1240. The van der Waals surface area contributed by atoms with E-state index in [4.69, 9.17) is 9.47 Å². The van der Waals surface area contributed by atoms with Crippen molar-refractivity contribution in [3.63, 3.8) is 0 Å². The molecule has 4 aromatic rings. The van der Waals surface area contributed by atoms with Crippen molar-refractivity contribution >= 4 is 10.8 Å². The lowest BCUT2D eigenvalue weighted by atomic mass is 9.98. The van der Waals surface area contributed by atoms with Gasteiger partial charge in [-0.2, -0.15) is 0 Å². The molecule has 5 rings (SSSR count). The maximum Gasteiger partial charge on any atom is 0.143 e. The average molecular weight is 454 g/mol. The predicted octanol–water partition coefficient (Wildman–Crippen LogP) is 7.18. The minimum Gasteiger partial charge on any atom is -0.508 e. The number of rotatable bonds is 7. The van der Waals surface area contributed by atoms with Gasteiger partial charge >= 0.3 is 0 Å². The van der Waals surface area contributed by atoms with Crippen LogP contribution < -0.4 is 9.47 Å². The number of aryl methyl sites for hydroxylation is 1. The summed E-state index contributed by atoms with van der Waals surface area (Å²) < 4.78 is 12.4. The molecule has 1 N–H and O–H groups in total. The van der Waals surface area contributed by atoms with Gasteiger partial charge in [-0.1, -0.05) is 42.3 Å². The van der Waals surface area contributed by atoms with Gasteiger partial charge in [-0.05, 0) is 92.3 Å². The van der Waals surface area contributed by atoms with Crippen LogP contribution in [0.15, 0.2) is 78.9 Å². The van der Waals surface area contributed by atoms with E-state index in [-0.39, 0.29) is 5.75 Å². The number of phenols is 1. The van der Waals surface area contributed by atoms with Crippen LogP contribution in [-0.4, -0.2) is 36.2 Å². The fourth-order valence-corrected chi connectivity index (χ4v) is 4.56. The monoisotopic (exact) mass is 453 g/mol. The third-order valence-corrected chi connectivity index (χ3v) is 6.49. The molecule has 0 aliphatic carbocycles. The number of phenolic OH excluding ortho intramolecular Hbond substituents is 1. The molecule has 34 heavy (non-hydrogen) atoms. The summed E-state index contributed by atoms with van der Waals surface area (Å²) in [6.07, 6.45) is 3.94. The maximum absolute atomic E-state index is 9.95. The molecule has 0 radical (unpaired) electrons.